The Balaban J connectivity index is 1.81. The molecule has 208 valence electrons. The van der Waals surface area contributed by atoms with Crippen LogP contribution in [0.5, 0.6) is 5.88 Å². The van der Waals surface area contributed by atoms with Crippen molar-refractivity contribution in [3.05, 3.63) is 79.5 Å². The number of benzene rings is 1. The molecule has 0 aliphatic carbocycles. The quantitative estimate of drug-likeness (QED) is 0.350. The van der Waals surface area contributed by atoms with E-state index in [9.17, 15) is 14.4 Å². The number of hydrogen-bond donors (Lipinski definition) is 0. The highest BCUT2D eigenvalue weighted by Crippen LogP contribution is 2.44. The number of fused-ring (bicyclic) bond motifs is 1. The summed E-state index contributed by atoms with van der Waals surface area (Å²) in [6, 6.07) is 6.18. The average Bonchev–Trinajstić information content (AvgIpc) is 3.44. The monoisotopic (exact) mass is 564 g/mol. The second-order valence-corrected chi connectivity index (χ2v) is 10.5. The fraction of sp³-hybridized carbons (Fsp3) is 0.333. The third-order valence-electron chi connectivity index (χ3n) is 6.85. The zero-order chi connectivity index (χ0) is 29.0. The topological polar surface area (TPSA) is 120 Å². The molecule has 0 saturated heterocycles. The van der Waals surface area contributed by atoms with Crippen LogP contribution >= 0.6 is 11.6 Å². The average molecular weight is 565 g/mol. The van der Waals surface area contributed by atoms with E-state index in [2.05, 4.69) is 9.97 Å². The third kappa shape index (κ3) is 4.15. The number of aryl methyl sites for hydroxylation is 1. The van der Waals surface area contributed by atoms with Crippen LogP contribution in [0.3, 0.4) is 0 Å². The lowest BCUT2D eigenvalue weighted by atomic mass is 10.0. The Morgan fingerprint density at radius 3 is 2.33 bits per heavy atom. The van der Waals surface area contributed by atoms with E-state index in [4.69, 9.17) is 21.3 Å². The minimum absolute atomic E-state index is 0.0562. The molecular weight excluding hydrogens is 536 g/mol. The van der Waals surface area contributed by atoms with Crippen molar-refractivity contribution in [2.75, 3.05) is 31.0 Å². The number of carbonyl (C=O) groups excluding carboxylic acids is 1. The molecule has 1 aromatic carbocycles. The number of halogens is 1. The number of imidazole rings is 1. The standard InChI is InChI=1S/C27H29ClN8O4/c1-14(2)35-21-19(30-22(35)17-12-29-26(32(3)4)31-23(17)40-7)25(38)36(20(21)15-8-10-16(28)11-9-15)18-13-33(5)27(39)34(6)24(18)37/h8-14,20H,1-7H3. The normalized spacial score (nSPS) is 14.7. The highest BCUT2D eigenvalue weighted by Gasteiger charge is 2.46. The lowest BCUT2D eigenvalue weighted by molar-refractivity contribution is 0.0989. The van der Waals surface area contributed by atoms with Crippen LogP contribution in [0.2, 0.25) is 5.02 Å². The molecule has 0 radical (unpaired) electrons. The molecule has 1 unspecified atom stereocenters. The predicted molar refractivity (Wildman–Crippen MR) is 152 cm³/mol. The van der Waals surface area contributed by atoms with Gasteiger partial charge in [0.25, 0.3) is 11.5 Å². The first kappa shape index (κ1) is 27.1. The predicted octanol–water partition coefficient (Wildman–Crippen LogP) is 2.80. The van der Waals surface area contributed by atoms with Crippen LogP contribution in [0.15, 0.2) is 46.2 Å². The van der Waals surface area contributed by atoms with E-state index >= 15 is 0 Å². The first-order valence-corrected chi connectivity index (χ1v) is 12.9. The van der Waals surface area contributed by atoms with Gasteiger partial charge in [0.05, 0.1) is 18.4 Å². The van der Waals surface area contributed by atoms with Gasteiger partial charge >= 0.3 is 5.69 Å². The van der Waals surface area contributed by atoms with Gasteiger partial charge in [0, 0.05) is 51.6 Å². The van der Waals surface area contributed by atoms with Gasteiger partial charge in [-0.1, -0.05) is 23.7 Å². The molecule has 0 bridgehead atoms. The fourth-order valence-electron chi connectivity index (χ4n) is 4.97. The first-order chi connectivity index (χ1) is 19.0. The summed E-state index contributed by atoms with van der Waals surface area (Å²) < 4.78 is 9.80. The van der Waals surface area contributed by atoms with Gasteiger partial charge in [0.1, 0.15) is 17.6 Å². The first-order valence-electron chi connectivity index (χ1n) is 12.5. The van der Waals surface area contributed by atoms with Crippen LogP contribution in [-0.4, -0.2) is 55.8 Å². The number of carbonyl (C=O) groups is 1. The lowest BCUT2D eigenvalue weighted by Crippen LogP contribution is -2.42. The number of hydrogen-bond acceptors (Lipinski definition) is 8. The van der Waals surface area contributed by atoms with Crippen molar-refractivity contribution in [2.24, 2.45) is 14.1 Å². The summed E-state index contributed by atoms with van der Waals surface area (Å²) in [5.41, 5.74) is 0.967. The van der Waals surface area contributed by atoms with Crippen molar-refractivity contribution in [3.8, 4) is 17.3 Å². The molecule has 1 atom stereocenters. The summed E-state index contributed by atoms with van der Waals surface area (Å²) in [6.45, 7) is 3.95. The molecule has 0 fully saturated rings. The molecule has 3 aromatic heterocycles. The van der Waals surface area contributed by atoms with Crippen LogP contribution < -0.4 is 25.8 Å². The van der Waals surface area contributed by atoms with E-state index in [0.29, 0.717) is 39.5 Å². The Morgan fingerprint density at radius 1 is 1.05 bits per heavy atom. The molecule has 13 heteroatoms. The van der Waals surface area contributed by atoms with Gasteiger partial charge < -0.3 is 18.8 Å². The van der Waals surface area contributed by atoms with Crippen LogP contribution in [-0.2, 0) is 14.1 Å². The molecule has 0 saturated carbocycles. The Hall–Kier alpha value is -4.45. The van der Waals surface area contributed by atoms with Gasteiger partial charge in [-0.05, 0) is 31.5 Å². The fourth-order valence-corrected chi connectivity index (χ4v) is 5.09. The highest BCUT2D eigenvalue weighted by molar-refractivity contribution is 6.30. The van der Waals surface area contributed by atoms with Crippen LogP contribution in [0.25, 0.3) is 11.4 Å². The van der Waals surface area contributed by atoms with Crippen LogP contribution in [0, 0.1) is 0 Å². The number of ether oxygens (including phenoxy) is 1. The van der Waals surface area contributed by atoms with Crippen molar-refractivity contribution in [1.29, 1.82) is 0 Å². The maximum Gasteiger partial charge on any atom is 0.330 e. The zero-order valence-electron chi connectivity index (χ0n) is 23.2. The number of nitrogens with zero attached hydrogens (tertiary/aromatic N) is 8. The molecule has 4 aromatic rings. The minimum Gasteiger partial charge on any atom is -0.480 e. The molecule has 0 N–H and O–H groups in total. The number of amides is 1. The van der Waals surface area contributed by atoms with Crippen molar-refractivity contribution in [2.45, 2.75) is 25.9 Å². The van der Waals surface area contributed by atoms with E-state index in [0.717, 1.165) is 4.57 Å². The van der Waals surface area contributed by atoms with Crippen molar-refractivity contribution in [1.82, 2.24) is 28.7 Å². The second kappa shape index (κ2) is 9.94. The maximum absolute atomic E-state index is 14.1. The summed E-state index contributed by atoms with van der Waals surface area (Å²) in [5.74, 6) is 0.754. The molecule has 0 spiro atoms. The van der Waals surface area contributed by atoms with E-state index in [1.54, 1.807) is 23.2 Å². The molecule has 12 nitrogen and oxygen atoms in total. The van der Waals surface area contributed by atoms with Gasteiger partial charge in [-0.25, -0.2) is 14.8 Å². The Bertz CT molecular complexity index is 1750. The van der Waals surface area contributed by atoms with Gasteiger partial charge in [0.2, 0.25) is 11.8 Å². The summed E-state index contributed by atoms with van der Waals surface area (Å²) in [4.78, 5) is 56.8. The summed E-state index contributed by atoms with van der Waals surface area (Å²) >= 11 is 6.20. The molecule has 1 aliphatic rings. The molecule has 1 amide bonds. The highest BCUT2D eigenvalue weighted by atomic mass is 35.5. The Kier molecular flexibility index (Phi) is 6.74. The lowest BCUT2D eigenvalue weighted by Gasteiger charge is -2.28. The van der Waals surface area contributed by atoms with Crippen LogP contribution in [0.1, 0.15) is 47.7 Å². The molecule has 5 rings (SSSR count). The van der Waals surface area contributed by atoms with Gasteiger partial charge in [0.15, 0.2) is 5.69 Å². The van der Waals surface area contributed by atoms with Gasteiger partial charge in [-0.15, -0.1) is 0 Å². The Labute approximate surface area is 235 Å². The number of aromatic nitrogens is 6. The summed E-state index contributed by atoms with van der Waals surface area (Å²) in [6.07, 6.45) is 3.01. The van der Waals surface area contributed by atoms with Gasteiger partial charge in [-0.3, -0.25) is 19.1 Å². The van der Waals surface area contributed by atoms with Gasteiger partial charge in [-0.2, -0.15) is 4.98 Å². The van der Waals surface area contributed by atoms with Crippen LogP contribution in [0.4, 0.5) is 11.6 Å². The van der Waals surface area contributed by atoms with Crippen molar-refractivity contribution >= 4 is 29.1 Å². The zero-order valence-corrected chi connectivity index (χ0v) is 24.0. The largest absolute Gasteiger partial charge is 0.480 e. The Morgan fingerprint density at radius 2 is 1.73 bits per heavy atom. The van der Waals surface area contributed by atoms with Crippen molar-refractivity contribution < 1.29 is 9.53 Å². The second-order valence-electron chi connectivity index (χ2n) is 10.0. The number of rotatable bonds is 6. The maximum atomic E-state index is 14.1. The smallest absolute Gasteiger partial charge is 0.330 e. The van der Waals surface area contributed by atoms with E-state index < -0.39 is 23.2 Å². The summed E-state index contributed by atoms with van der Waals surface area (Å²) in [5, 5.41) is 0.527. The molecule has 1 aliphatic heterocycles. The molecule has 40 heavy (non-hydrogen) atoms. The van der Waals surface area contributed by atoms with Crippen molar-refractivity contribution in [3.63, 3.8) is 0 Å². The third-order valence-corrected chi connectivity index (χ3v) is 7.10. The van der Waals surface area contributed by atoms with E-state index in [-0.39, 0.29) is 17.4 Å². The SMILES string of the molecule is COc1nc(N(C)C)ncc1-c1nc2c(n1C(C)C)C(c1ccc(Cl)cc1)N(c1cn(C)c(=O)n(C)c1=O)C2=O. The van der Waals surface area contributed by atoms with E-state index in [1.165, 1.54) is 36.9 Å². The minimum atomic E-state index is -0.735. The number of anilines is 2. The molecule has 4 heterocycles. The molecular formula is C27H29ClN8O4. The van der Waals surface area contributed by atoms with E-state index in [1.807, 2.05) is 44.6 Å². The number of methoxy groups -OCH3 is 1. The summed E-state index contributed by atoms with van der Waals surface area (Å²) in [7, 11) is 8.08.